The molecule has 57 heavy (non-hydrogen) atoms. The maximum absolute atomic E-state index is 14.3. The summed E-state index contributed by atoms with van der Waals surface area (Å²) in [6.45, 7) is 3.55. The Hall–Kier alpha value is -5.25. The van der Waals surface area contributed by atoms with Crippen LogP contribution >= 0.6 is 11.8 Å². The number of carboxylic acids is 1. The number of nitrogens with two attached hydrogens (primary N) is 3. The van der Waals surface area contributed by atoms with Crippen molar-refractivity contribution in [2.45, 2.75) is 75.7 Å². The number of rotatable bonds is 25. The van der Waals surface area contributed by atoms with Crippen LogP contribution in [-0.2, 0) is 46.4 Å². The first kappa shape index (κ1) is 46.1. The molecule has 5 atom stereocenters. The number of amides is 4. The van der Waals surface area contributed by atoms with Gasteiger partial charge in [0.2, 0.25) is 23.6 Å². The topological polar surface area (TPSA) is 315 Å². The van der Waals surface area contributed by atoms with Crippen LogP contribution in [0.15, 0.2) is 54.7 Å². The summed E-state index contributed by atoms with van der Waals surface area (Å²) >= 11 is 0.962. The molecule has 0 aliphatic heterocycles. The van der Waals surface area contributed by atoms with Gasteiger partial charge in [0, 0.05) is 54.9 Å². The number of benzene rings is 2. The van der Waals surface area contributed by atoms with Crippen LogP contribution in [0, 0.1) is 0 Å². The number of aliphatic carboxylic acids is 1. The maximum atomic E-state index is 14.3. The number of hydrogen-bond acceptors (Lipinski definition) is 14. The number of hydroxylamine groups is 1. The lowest BCUT2D eigenvalue weighted by Gasteiger charge is -2.30. The number of ether oxygens (including phenoxy) is 1. The zero-order chi connectivity index (χ0) is 42.0. The van der Waals surface area contributed by atoms with Gasteiger partial charge in [0.15, 0.2) is 0 Å². The SMILES string of the molecule is CC(=O)N[C@@H](CSC[C@H](NO)C(=O)N[C@@H](Cc1ccc(OCCN)cc1)C(=O)N[C@@H](Cc1c[nH]c2ccccc12)C(=O)NC(C)(CCCCN)C(=O)ON)C(=O)O. The molecule has 0 fully saturated rings. The number of aromatic nitrogens is 1. The predicted octanol–water partition coefficient (Wildman–Crippen LogP) is -0.649. The molecule has 19 nitrogen and oxygen atoms in total. The van der Waals surface area contributed by atoms with Gasteiger partial charge in [-0.05, 0) is 62.1 Å². The molecule has 0 bridgehead atoms. The van der Waals surface area contributed by atoms with E-state index >= 15 is 0 Å². The van der Waals surface area contributed by atoms with Gasteiger partial charge in [0.25, 0.3) is 0 Å². The molecular formula is C37H53N9O10S. The Morgan fingerprint density at radius 1 is 0.842 bits per heavy atom. The van der Waals surface area contributed by atoms with Crippen molar-refractivity contribution in [2.24, 2.45) is 17.4 Å². The number of nitrogens with one attached hydrogen (secondary N) is 6. The monoisotopic (exact) mass is 815 g/mol. The normalized spacial score (nSPS) is 14.3. The molecule has 0 spiro atoms. The fourth-order valence-corrected chi connectivity index (χ4v) is 6.90. The van der Waals surface area contributed by atoms with Gasteiger partial charge < -0.3 is 57.6 Å². The molecule has 312 valence electrons. The molecule has 0 saturated carbocycles. The second-order valence-corrected chi connectivity index (χ2v) is 14.5. The molecule has 20 heteroatoms. The molecular weight excluding hydrogens is 763 g/mol. The average molecular weight is 816 g/mol. The summed E-state index contributed by atoms with van der Waals surface area (Å²) in [5.41, 5.74) is 13.6. The van der Waals surface area contributed by atoms with Crippen LogP contribution in [0.1, 0.15) is 44.2 Å². The first-order valence-electron chi connectivity index (χ1n) is 18.2. The van der Waals surface area contributed by atoms with Crippen molar-refractivity contribution >= 4 is 58.2 Å². The van der Waals surface area contributed by atoms with E-state index in [1.807, 2.05) is 29.7 Å². The van der Waals surface area contributed by atoms with Crippen molar-refractivity contribution in [1.82, 2.24) is 31.7 Å². The molecule has 2 aromatic carbocycles. The lowest BCUT2D eigenvalue weighted by atomic mass is 9.93. The second-order valence-electron chi connectivity index (χ2n) is 13.5. The van der Waals surface area contributed by atoms with Crippen LogP contribution in [0.2, 0.25) is 0 Å². The van der Waals surface area contributed by atoms with Crippen LogP contribution in [0.5, 0.6) is 5.75 Å². The minimum atomic E-state index is -1.58. The number of unbranched alkanes of at least 4 members (excludes halogenated alkanes) is 1. The summed E-state index contributed by atoms with van der Waals surface area (Å²) < 4.78 is 5.55. The van der Waals surface area contributed by atoms with E-state index in [0.29, 0.717) is 42.8 Å². The Morgan fingerprint density at radius 2 is 1.49 bits per heavy atom. The van der Waals surface area contributed by atoms with Gasteiger partial charge in [-0.2, -0.15) is 23.1 Å². The van der Waals surface area contributed by atoms with E-state index in [-0.39, 0.29) is 37.4 Å². The van der Waals surface area contributed by atoms with E-state index in [4.69, 9.17) is 22.1 Å². The van der Waals surface area contributed by atoms with Crippen molar-refractivity contribution in [3.63, 3.8) is 0 Å². The first-order valence-corrected chi connectivity index (χ1v) is 19.4. The van der Waals surface area contributed by atoms with Crippen LogP contribution in [0.4, 0.5) is 0 Å². The van der Waals surface area contributed by atoms with Gasteiger partial charge in [-0.1, -0.05) is 30.3 Å². The Morgan fingerprint density at radius 3 is 2.11 bits per heavy atom. The zero-order valence-corrected chi connectivity index (χ0v) is 32.7. The third kappa shape index (κ3) is 14.3. The quantitative estimate of drug-likeness (QED) is 0.0374. The fourth-order valence-electron chi connectivity index (χ4n) is 5.84. The van der Waals surface area contributed by atoms with E-state index in [2.05, 4.69) is 31.1 Å². The Balaban J connectivity index is 1.94. The molecule has 0 saturated heterocycles. The van der Waals surface area contributed by atoms with Crippen molar-refractivity contribution in [2.75, 3.05) is 31.2 Å². The Bertz CT molecular complexity index is 1810. The molecule has 0 radical (unpaired) electrons. The fraction of sp³-hybridized carbons (Fsp3) is 0.459. The van der Waals surface area contributed by atoms with Gasteiger partial charge in [-0.3, -0.25) is 19.2 Å². The van der Waals surface area contributed by atoms with Crippen LogP contribution < -0.4 is 48.8 Å². The number of thioether (sulfide) groups is 1. The lowest BCUT2D eigenvalue weighted by Crippen LogP contribution is -2.61. The number of carbonyl (C=O) groups excluding carboxylic acids is 5. The highest BCUT2D eigenvalue weighted by Gasteiger charge is 2.39. The zero-order valence-electron chi connectivity index (χ0n) is 31.9. The van der Waals surface area contributed by atoms with E-state index in [1.54, 1.807) is 30.5 Å². The van der Waals surface area contributed by atoms with E-state index in [0.717, 1.165) is 22.7 Å². The standard InChI is InChI=1S/C37H53N9O10S/c1-22(47)42-31(35(51)52)21-57-20-30(46-54)33(49)43-28(17-23-9-11-25(12-10-23)55-16-15-39)32(48)44-29(18-24-19-41-27-8-4-3-7-26(24)27)34(50)45-37(2,36(53)56-40)13-5-6-14-38/h3-4,7-12,19,28-31,41,46,54H,5-6,13-18,20-21,38-40H2,1-2H3,(H,42,47)(H,43,49)(H,44,48)(H,45,50)(H,51,52)/t28-,29-,30-,31-,37?/m0/s1. The van der Waals surface area contributed by atoms with Crippen LogP contribution in [0.25, 0.3) is 10.9 Å². The number of hydrogen-bond donors (Lipinski definition) is 11. The summed E-state index contributed by atoms with van der Waals surface area (Å²) in [6, 6.07) is 8.85. The molecule has 14 N–H and O–H groups in total. The molecule has 1 aromatic heterocycles. The highest BCUT2D eigenvalue weighted by Crippen LogP contribution is 2.21. The molecule has 0 aliphatic rings. The minimum Gasteiger partial charge on any atom is -0.492 e. The number of carbonyl (C=O) groups is 6. The number of aromatic amines is 1. The average Bonchev–Trinajstić information content (AvgIpc) is 3.60. The molecule has 3 rings (SSSR count). The van der Waals surface area contributed by atoms with Gasteiger partial charge in [-0.25, -0.2) is 9.59 Å². The van der Waals surface area contributed by atoms with E-state index in [9.17, 15) is 39.1 Å². The van der Waals surface area contributed by atoms with Gasteiger partial charge in [0.05, 0.1) is 0 Å². The number of para-hydroxylation sites is 1. The summed E-state index contributed by atoms with van der Waals surface area (Å²) in [4.78, 5) is 85.6. The highest BCUT2D eigenvalue weighted by molar-refractivity contribution is 7.99. The Labute approximate surface area is 333 Å². The first-order chi connectivity index (χ1) is 27.2. The molecule has 3 aromatic rings. The van der Waals surface area contributed by atoms with E-state index < -0.39 is 65.3 Å². The van der Waals surface area contributed by atoms with Crippen molar-refractivity contribution in [1.29, 1.82) is 0 Å². The lowest BCUT2D eigenvalue weighted by molar-refractivity contribution is -0.154. The molecule has 0 aliphatic carbocycles. The van der Waals surface area contributed by atoms with Gasteiger partial charge in [-0.15, -0.1) is 0 Å². The molecule has 1 unspecified atom stereocenters. The van der Waals surface area contributed by atoms with Crippen LogP contribution in [0.3, 0.4) is 0 Å². The summed E-state index contributed by atoms with van der Waals surface area (Å²) in [6.07, 6.45) is 2.72. The third-order valence-electron chi connectivity index (χ3n) is 8.92. The minimum absolute atomic E-state index is 0.0392. The summed E-state index contributed by atoms with van der Waals surface area (Å²) in [5.74, 6) is 0.411. The number of fused-ring (bicyclic) bond motifs is 1. The Kier molecular flexibility index (Phi) is 18.7. The van der Waals surface area contributed by atoms with Crippen molar-refractivity contribution in [3.8, 4) is 5.75 Å². The molecule has 1 heterocycles. The van der Waals surface area contributed by atoms with E-state index in [1.165, 1.54) is 13.8 Å². The molecule has 4 amide bonds. The summed E-state index contributed by atoms with van der Waals surface area (Å²) in [7, 11) is 0. The second kappa shape index (κ2) is 23.1. The maximum Gasteiger partial charge on any atom is 0.349 e. The van der Waals surface area contributed by atoms with Crippen molar-refractivity contribution in [3.05, 3.63) is 65.9 Å². The smallest absolute Gasteiger partial charge is 0.349 e. The highest BCUT2D eigenvalue weighted by atomic mass is 32.2. The largest absolute Gasteiger partial charge is 0.492 e. The van der Waals surface area contributed by atoms with Crippen molar-refractivity contribution < 1.29 is 48.7 Å². The van der Waals surface area contributed by atoms with Crippen LogP contribution in [-0.4, -0.2) is 112 Å². The third-order valence-corrected chi connectivity index (χ3v) is 10.1. The number of carboxylic acid groups (broad SMARTS) is 1. The van der Waals surface area contributed by atoms with Gasteiger partial charge >= 0.3 is 11.9 Å². The predicted molar refractivity (Wildman–Crippen MR) is 212 cm³/mol. The number of H-pyrrole nitrogens is 1. The summed E-state index contributed by atoms with van der Waals surface area (Å²) in [5, 5.41) is 30.6. The van der Waals surface area contributed by atoms with Gasteiger partial charge in [0.1, 0.15) is 42.1 Å².